The van der Waals surface area contributed by atoms with Crippen LogP contribution in [-0.4, -0.2) is 27.0 Å². The van der Waals surface area contributed by atoms with Gasteiger partial charge in [0.15, 0.2) is 21.3 Å². The Hall–Kier alpha value is -2.74. The Kier molecular flexibility index (Phi) is 4.20. The highest BCUT2D eigenvalue weighted by molar-refractivity contribution is 7.91. The highest BCUT2D eigenvalue weighted by Gasteiger charge is 2.30. The van der Waals surface area contributed by atoms with Crippen LogP contribution in [-0.2, 0) is 16.4 Å². The highest BCUT2D eigenvalue weighted by Crippen LogP contribution is 2.33. The van der Waals surface area contributed by atoms with E-state index in [1.807, 2.05) is 12.1 Å². The third-order valence-electron chi connectivity index (χ3n) is 4.50. The van der Waals surface area contributed by atoms with Crippen molar-refractivity contribution in [1.82, 2.24) is 10.6 Å². The van der Waals surface area contributed by atoms with Gasteiger partial charge in [-0.15, -0.1) is 0 Å². The van der Waals surface area contributed by atoms with E-state index in [1.165, 1.54) is 0 Å². The summed E-state index contributed by atoms with van der Waals surface area (Å²) in [6, 6.07) is 11.6. The molecule has 1 atom stereocenters. The molecule has 2 heterocycles. The van der Waals surface area contributed by atoms with Gasteiger partial charge in [0, 0.05) is 6.54 Å². The van der Waals surface area contributed by atoms with Gasteiger partial charge >= 0.3 is 6.03 Å². The lowest BCUT2D eigenvalue weighted by atomic mass is 10.0. The number of urea groups is 1. The minimum absolute atomic E-state index is 0.0249. The molecular formula is C18H18N2O5S. The standard InChI is InChI=1S/C18H18N2O5S/c21-18(19-10-12-5-6-15-16(9-12)25-11-24-15)20-14-7-8-26(22,23)17-4-2-1-3-13(14)17/h1-6,9,14H,7-8,10-11H2,(H2,19,20,21)/t14-/m0/s1. The molecule has 0 spiro atoms. The average Bonchev–Trinajstić information content (AvgIpc) is 3.10. The molecule has 7 nitrogen and oxygen atoms in total. The third-order valence-corrected chi connectivity index (χ3v) is 6.32. The van der Waals surface area contributed by atoms with Crippen molar-refractivity contribution in [3.05, 3.63) is 53.6 Å². The zero-order chi connectivity index (χ0) is 18.1. The molecular weight excluding hydrogens is 356 g/mol. The lowest BCUT2D eigenvalue weighted by molar-refractivity contribution is 0.174. The number of sulfone groups is 1. The van der Waals surface area contributed by atoms with Gasteiger partial charge in [0.25, 0.3) is 0 Å². The summed E-state index contributed by atoms with van der Waals surface area (Å²) in [6.07, 6.45) is 0.358. The Bertz CT molecular complexity index is 958. The van der Waals surface area contributed by atoms with Crippen molar-refractivity contribution in [3.8, 4) is 11.5 Å². The average molecular weight is 374 g/mol. The van der Waals surface area contributed by atoms with E-state index in [0.717, 1.165) is 5.56 Å². The second-order valence-corrected chi connectivity index (χ2v) is 8.29. The molecule has 8 heteroatoms. The lowest BCUT2D eigenvalue weighted by Gasteiger charge is -2.26. The van der Waals surface area contributed by atoms with E-state index in [9.17, 15) is 13.2 Å². The van der Waals surface area contributed by atoms with E-state index in [0.29, 0.717) is 34.9 Å². The Balaban J connectivity index is 1.41. The molecule has 2 aromatic rings. The number of carbonyl (C=O) groups is 1. The van der Waals surface area contributed by atoms with Gasteiger partial charge in [0.2, 0.25) is 6.79 Å². The van der Waals surface area contributed by atoms with Crippen LogP contribution in [0.25, 0.3) is 0 Å². The summed E-state index contributed by atoms with van der Waals surface area (Å²) in [6.45, 7) is 0.534. The fourth-order valence-electron chi connectivity index (χ4n) is 3.18. The van der Waals surface area contributed by atoms with Gasteiger partial charge in [-0.3, -0.25) is 0 Å². The normalized spacial score (nSPS) is 19.5. The first-order valence-electron chi connectivity index (χ1n) is 8.27. The Labute approximate surface area is 151 Å². The van der Waals surface area contributed by atoms with Crippen LogP contribution in [0.1, 0.15) is 23.6 Å². The topological polar surface area (TPSA) is 93.7 Å². The molecule has 0 radical (unpaired) electrons. The van der Waals surface area contributed by atoms with Gasteiger partial charge in [-0.2, -0.15) is 0 Å². The summed E-state index contributed by atoms with van der Waals surface area (Å²) in [5, 5.41) is 5.66. The molecule has 136 valence electrons. The third kappa shape index (κ3) is 3.20. The number of amides is 2. The fraction of sp³-hybridized carbons (Fsp3) is 0.278. The number of benzene rings is 2. The van der Waals surface area contributed by atoms with E-state index in [1.54, 1.807) is 30.3 Å². The molecule has 0 bridgehead atoms. The summed E-state index contributed by atoms with van der Waals surface area (Å²) in [7, 11) is -3.27. The number of rotatable bonds is 3. The van der Waals surface area contributed by atoms with Crippen LogP contribution >= 0.6 is 0 Å². The monoisotopic (exact) mass is 374 g/mol. The molecule has 2 aliphatic rings. The molecule has 2 N–H and O–H groups in total. The largest absolute Gasteiger partial charge is 0.454 e. The molecule has 26 heavy (non-hydrogen) atoms. The van der Waals surface area contributed by atoms with Gasteiger partial charge in [-0.25, -0.2) is 13.2 Å². The number of carbonyl (C=O) groups excluding carboxylic acids is 1. The van der Waals surface area contributed by atoms with E-state index in [4.69, 9.17) is 9.47 Å². The van der Waals surface area contributed by atoms with Crippen molar-refractivity contribution in [2.24, 2.45) is 0 Å². The number of fused-ring (bicyclic) bond motifs is 2. The van der Waals surface area contributed by atoms with Crippen molar-refractivity contribution >= 4 is 15.9 Å². The first-order chi connectivity index (χ1) is 12.5. The van der Waals surface area contributed by atoms with E-state index < -0.39 is 9.84 Å². The molecule has 2 aliphatic heterocycles. The van der Waals surface area contributed by atoms with Crippen LogP contribution in [0.4, 0.5) is 4.79 Å². The van der Waals surface area contributed by atoms with Crippen LogP contribution < -0.4 is 20.1 Å². The van der Waals surface area contributed by atoms with Gasteiger partial charge in [-0.05, 0) is 35.7 Å². The van der Waals surface area contributed by atoms with Crippen molar-refractivity contribution in [2.75, 3.05) is 12.5 Å². The smallest absolute Gasteiger partial charge is 0.315 e. The van der Waals surface area contributed by atoms with E-state index in [2.05, 4.69) is 10.6 Å². The Morgan fingerprint density at radius 2 is 1.92 bits per heavy atom. The lowest BCUT2D eigenvalue weighted by Crippen LogP contribution is -2.40. The molecule has 0 aromatic heterocycles. The fourth-order valence-corrected chi connectivity index (χ4v) is 4.80. The van der Waals surface area contributed by atoms with Crippen LogP contribution in [0.5, 0.6) is 11.5 Å². The molecule has 2 aromatic carbocycles. The second kappa shape index (κ2) is 6.53. The van der Waals surface area contributed by atoms with Gasteiger partial charge in [-0.1, -0.05) is 24.3 Å². The molecule has 0 saturated carbocycles. The van der Waals surface area contributed by atoms with Crippen LogP contribution in [0, 0.1) is 0 Å². The summed E-state index contributed by atoms with van der Waals surface area (Å²) >= 11 is 0. The van der Waals surface area contributed by atoms with Crippen molar-refractivity contribution < 1.29 is 22.7 Å². The highest BCUT2D eigenvalue weighted by atomic mass is 32.2. The number of hydrogen-bond donors (Lipinski definition) is 2. The minimum Gasteiger partial charge on any atom is -0.454 e. The first-order valence-corrected chi connectivity index (χ1v) is 9.93. The predicted octanol–water partition coefficient (Wildman–Crippen LogP) is 2.13. The van der Waals surface area contributed by atoms with Crippen LogP contribution in [0.2, 0.25) is 0 Å². The van der Waals surface area contributed by atoms with E-state index >= 15 is 0 Å². The van der Waals surface area contributed by atoms with Crippen molar-refractivity contribution in [3.63, 3.8) is 0 Å². The maximum Gasteiger partial charge on any atom is 0.315 e. The van der Waals surface area contributed by atoms with Crippen molar-refractivity contribution in [2.45, 2.75) is 23.9 Å². The van der Waals surface area contributed by atoms with Crippen LogP contribution in [0.3, 0.4) is 0 Å². The molecule has 0 aliphatic carbocycles. The quantitative estimate of drug-likeness (QED) is 0.858. The van der Waals surface area contributed by atoms with Crippen molar-refractivity contribution in [1.29, 1.82) is 0 Å². The molecule has 0 fully saturated rings. The van der Waals surface area contributed by atoms with E-state index in [-0.39, 0.29) is 24.6 Å². The SMILES string of the molecule is O=C(NCc1ccc2c(c1)OCO2)N[C@H]1CCS(=O)(=O)c2ccccc21. The summed E-state index contributed by atoms with van der Waals surface area (Å²) < 4.78 is 34.9. The summed E-state index contributed by atoms with van der Waals surface area (Å²) in [5.74, 6) is 1.38. The molecule has 4 rings (SSSR count). The molecule has 2 amide bonds. The summed E-state index contributed by atoms with van der Waals surface area (Å²) in [5.41, 5.74) is 1.52. The molecule has 0 unspecified atom stereocenters. The van der Waals surface area contributed by atoms with Gasteiger partial charge < -0.3 is 20.1 Å². The molecule has 0 saturated heterocycles. The van der Waals surface area contributed by atoms with Crippen LogP contribution in [0.15, 0.2) is 47.4 Å². The maximum atomic E-state index is 12.3. The van der Waals surface area contributed by atoms with Gasteiger partial charge in [0.1, 0.15) is 0 Å². The van der Waals surface area contributed by atoms with Gasteiger partial charge in [0.05, 0.1) is 16.7 Å². The predicted molar refractivity (Wildman–Crippen MR) is 93.8 cm³/mol. The maximum absolute atomic E-state index is 12.3. The number of hydrogen-bond acceptors (Lipinski definition) is 5. The second-order valence-electron chi connectivity index (χ2n) is 6.21. The number of nitrogens with one attached hydrogen (secondary N) is 2. The summed E-state index contributed by atoms with van der Waals surface area (Å²) in [4.78, 5) is 12.6. The Morgan fingerprint density at radius 1 is 1.12 bits per heavy atom. The zero-order valence-corrected chi connectivity index (χ0v) is 14.7. The minimum atomic E-state index is -3.27. The number of ether oxygens (including phenoxy) is 2. The first kappa shape index (κ1) is 16.7. The zero-order valence-electron chi connectivity index (χ0n) is 13.9. The Morgan fingerprint density at radius 3 is 2.81 bits per heavy atom.